The minimum atomic E-state index is -3.80. The molecule has 0 heterocycles. The second-order valence-corrected chi connectivity index (χ2v) is 6.33. The van der Waals surface area contributed by atoms with E-state index in [2.05, 4.69) is 9.93 Å². The molecule has 2 N–H and O–H groups in total. The Labute approximate surface area is 133 Å². The highest BCUT2D eigenvalue weighted by Gasteiger charge is 2.12. The zero-order chi connectivity index (χ0) is 16.2. The molecule has 0 unspecified atom stereocenters. The van der Waals surface area contributed by atoms with Crippen molar-refractivity contribution >= 4 is 27.8 Å². The number of hydrogen-bond donors (Lipinski definition) is 2. The van der Waals surface area contributed by atoms with Crippen molar-refractivity contribution < 1.29 is 18.3 Å². The number of rotatable bonds is 5. The van der Waals surface area contributed by atoms with Crippen LogP contribution in [0.2, 0.25) is 5.02 Å². The lowest BCUT2D eigenvalue weighted by atomic mass is 10.2. The second-order valence-electron chi connectivity index (χ2n) is 4.23. The van der Waals surface area contributed by atoms with E-state index in [0.29, 0.717) is 16.3 Å². The Balaban J connectivity index is 2.16. The topological polar surface area (TPSA) is 88.0 Å². The predicted octanol–water partition coefficient (Wildman–Crippen LogP) is 2.37. The smallest absolute Gasteiger partial charge is 0.276 e. The molecule has 0 saturated carbocycles. The molecule has 2 aromatic carbocycles. The van der Waals surface area contributed by atoms with Crippen LogP contribution < -0.4 is 9.57 Å². The maximum atomic E-state index is 12.0. The first-order valence-electron chi connectivity index (χ1n) is 6.10. The van der Waals surface area contributed by atoms with Gasteiger partial charge in [-0.3, -0.25) is 0 Å². The van der Waals surface area contributed by atoms with Gasteiger partial charge in [-0.15, -0.1) is 0 Å². The lowest BCUT2D eigenvalue weighted by Crippen LogP contribution is -2.18. The summed E-state index contributed by atoms with van der Waals surface area (Å²) in [5, 5.41) is 13.7. The summed E-state index contributed by atoms with van der Waals surface area (Å²) in [5.41, 5.74) is 0.318. The van der Waals surface area contributed by atoms with E-state index in [1.807, 2.05) is 0 Å². The summed E-state index contributed by atoms with van der Waals surface area (Å²) in [7, 11) is -2.31. The quantitative estimate of drug-likeness (QED) is 0.646. The molecule has 0 amide bonds. The number of phenolic OH excluding ortho intramolecular Hbond substituents is 1. The van der Waals surface area contributed by atoms with Crippen LogP contribution in [0.3, 0.4) is 0 Å². The van der Waals surface area contributed by atoms with Gasteiger partial charge >= 0.3 is 0 Å². The van der Waals surface area contributed by atoms with Crippen LogP contribution >= 0.6 is 11.6 Å². The highest BCUT2D eigenvalue weighted by atomic mass is 35.5. The van der Waals surface area contributed by atoms with Gasteiger partial charge < -0.3 is 9.84 Å². The third-order valence-electron chi connectivity index (χ3n) is 2.74. The number of halogens is 1. The minimum absolute atomic E-state index is 0.0314. The first kappa shape index (κ1) is 16.1. The van der Waals surface area contributed by atoms with Crippen LogP contribution in [0, 0.1) is 0 Å². The molecule has 22 heavy (non-hydrogen) atoms. The van der Waals surface area contributed by atoms with Crippen LogP contribution in [-0.4, -0.2) is 26.8 Å². The average molecular weight is 341 g/mol. The molecule has 0 atom stereocenters. The normalized spacial score (nSPS) is 11.5. The number of aromatic hydroxyl groups is 1. The van der Waals surface area contributed by atoms with E-state index in [9.17, 15) is 13.5 Å². The Morgan fingerprint density at radius 3 is 2.55 bits per heavy atom. The van der Waals surface area contributed by atoms with Crippen molar-refractivity contribution in [1.82, 2.24) is 4.83 Å². The van der Waals surface area contributed by atoms with Crippen molar-refractivity contribution in [3.63, 3.8) is 0 Å². The molecular weight excluding hydrogens is 328 g/mol. The van der Waals surface area contributed by atoms with Crippen molar-refractivity contribution in [2.75, 3.05) is 7.11 Å². The van der Waals surface area contributed by atoms with Crippen LogP contribution in [0.15, 0.2) is 52.5 Å². The number of ether oxygens (including phenoxy) is 1. The van der Waals surface area contributed by atoms with Crippen LogP contribution in [0.1, 0.15) is 5.56 Å². The Hall–Kier alpha value is -2.25. The molecule has 2 rings (SSSR count). The van der Waals surface area contributed by atoms with E-state index in [4.69, 9.17) is 16.3 Å². The summed E-state index contributed by atoms with van der Waals surface area (Å²) >= 11 is 5.71. The van der Waals surface area contributed by atoms with Gasteiger partial charge in [-0.2, -0.15) is 13.5 Å². The van der Waals surface area contributed by atoms with Gasteiger partial charge in [0.05, 0.1) is 18.2 Å². The van der Waals surface area contributed by atoms with E-state index in [1.54, 1.807) is 6.07 Å². The SMILES string of the molecule is COc1ccc(O)c(C=NNS(=O)(=O)c2ccc(Cl)cc2)c1. The number of sulfonamides is 1. The molecule has 0 aliphatic carbocycles. The van der Waals surface area contributed by atoms with E-state index < -0.39 is 10.0 Å². The highest BCUT2D eigenvalue weighted by Crippen LogP contribution is 2.21. The minimum Gasteiger partial charge on any atom is -0.507 e. The van der Waals surface area contributed by atoms with Crippen LogP contribution in [-0.2, 0) is 10.0 Å². The van der Waals surface area contributed by atoms with Crippen molar-refractivity contribution in [1.29, 1.82) is 0 Å². The van der Waals surface area contributed by atoms with Gasteiger partial charge in [0.2, 0.25) is 0 Å². The number of methoxy groups -OCH3 is 1. The number of hydrazone groups is 1. The molecular formula is C14H13ClN2O4S. The van der Waals surface area contributed by atoms with Gasteiger partial charge in [-0.1, -0.05) is 11.6 Å². The lowest BCUT2D eigenvalue weighted by Gasteiger charge is -2.04. The summed E-state index contributed by atoms with van der Waals surface area (Å²) in [6.45, 7) is 0. The summed E-state index contributed by atoms with van der Waals surface area (Å²) in [6, 6.07) is 10.2. The Morgan fingerprint density at radius 2 is 1.91 bits per heavy atom. The number of nitrogens with zero attached hydrogens (tertiary/aromatic N) is 1. The van der Waals surface area contributed by atoms with Gasteiger partial charge in [-0.25, -0.2) is 4.83 Å². The van der Waals surface area contributed by atoms with Gasteiger partial charge in [0.1, 0.15) is 11.5 Å². The molecule has 0 aliphatic rings. The molecule has 0 fully saturated rings. The van der Waals surface area contributed by atoms with Crippen LogP contribution in [0.5, 0.6) is 11.5 Å². The van der Waals surface area contributed by atoms with E-state index in [1.165, 1.54) is 49.7 Å². The van der Waals surface area contributed by atoms with Gasteiger partial charge in [-0.05, 0) is 42.5 Å². The van der Waals surface area contributed by atoms with Crippen molar-refractivity contribution in [3.8, 4) is 11.5 Å². The molecule has 0 aromatic heterocycles. The van der Waals surface area contributed by atoms with Gasteiger partial charge in [0, 0.05) is 10.6 Å². The lowest BCUT2D eigenvalue weighted by molar-refractivity contribution is 0.412. The Kier molecular flexibility index (Phi) is 4.89. The zero-order valence-electron chi connectivity index (χ0n) is 11.5. The first-order valence-corrected chi connectivity index (χ1v) is 7.96. The average Bonchev–Trinajstić information content (AvgIpc) is 2.49. The molecule has 0 spiro atoms. The van der Waals surface area contributed by atoms with Crippen molar-refractivity contribution in [3.05, 3.63) is 53.1 Å². The Morgan fingerprint density at radius 1 is 1.23 bits per heavy atom. The summed E-state index contributed by atoms with van der Waals surface area (Å²) < 4.78 is 29.0. The first-order chi connectivity index (χ1) is 10.4. The molecule has 0 radical (unpaired) electrons. The fraction of sp³-hybridized carbons (Fsp3) is 0.0714. The molecule has 0 aliphatic heterocycles. The number of benzene rings is 2. The van der Waals surface area contributed by atoms with Crippen molar-refractivity contribution in [2.45, 2.75) is 4.90 Å². The molecule has 8 heteroatoms. The monoisotopic (exact) mass is 340 g/mol. The highest BCUT2D eigenvalue weighted by molar-refractivity contribution is 7.89. The predicted molar refractivity (Wildman–Crippen MR) is 84.0 cm³/mol. The standard InChI is InChI=1S/C14H13ClN2O4S/c1-21-12-4-7-14(18)10(8-12)9-16-17-22(19,20)13-5-2-11(15)3-6-13/h2-9,17-18H,1H3. The second kappa shape index (κ2) is 6.67. The molecule has 116 valence electrons. The largest absolute Gasteiger partial charge is 0.507 e. The van der Waals surface area contributed by atoms with Crippen LogP contribution in [0.4, 0.5) is 0 Å². The third kappa shape index (κ3) is 3.90. The van der Waals surface area contributed by atoms with E-state index in [0.717, 1.165) is 0 Å². The summed E-state index contributed by atoms with van der Waals surface area (Å²) in [5.74, 6) is 0.468. The number of hydrogen-bond acceptors (Lipinski definition) is 5. The summed E-state index contributed by atoms with van der Waals surface area (Å²) in [4.78, 5) is 2.09. The van der Waals surface area contributed by atoms with Gasteiger partial charge in [0.25, 0.3) is 10.0 Å². The Bertz CT molecular complexity index is 789. The summed E-state index contributed by atoms with van der Waals surface area (Å²) in [6.07, 6.45) is 1.19. The zero-order valence-corrected chi connectivity index (χ0v) is 13.1. The number of nitrogens with one attached hydrogen (secondary N) is 1. The fourth-order valence-corrected chi connectivity index (χ4v) is 2.51. The van der Waals surface area contributed by atoms with Crippen LogP contribution in [0.25, 0.3) is 0 Å². The fourth-order valence-electron chi connectivity index (χ4n) is 1.59. The maximum absolute atomic E-state index is 12.0. The molecule has 0 bridgehead atoms. The molecule has 2 aromatic rings. The van der Waals surface area contributed by atoms with E-state index >= 15 is 0 Å². The molecule has 6 nitrogen and oxygen atoms in total. The van der Waals surface area contributed by atoms with E-state index in [-0.39, 0.29) is 10.6 Å². The molecule has 0 saturated heterocycles. The maximum Gasteiger partial charge on any atom is 0.276 e. The third-order valence-corrected chi connectivity index (χ3v) is 4.23. The van der Waals surface area contributed by atoms with Gasteiger partial charge in [0.15, 0.2) is 0 Å². The van der Waals surface area contributed by atoms with Crippen molar-refractivity contribution in [2.24, 2.45) is 5.10 Å². The number of phenols is 1.